The smallest absolute Gasteiger partial charge is 0.307 e. The molecular weight excluding hydrogens is 358 g/mol. The van der Waals surface area contributed by atoms with Gasteiger partial charge in [-0.15, -0.1) is 0 Å². The summed E-state index contributed by atoms with van der Waals surface area (Å²) < 4.78 is 27.9. The molecule has 2 aliphatic carbocycles. The lowest BCUT2D eigenvalue weighted by Crippen LogP contribution is -2.47. The maximum Gasteiger partial charge on any atom is 0.307 e. The van der Waals surface area contributed by atoms with E-state index in [1.54, 1.807) is 0 Å². The monoisotopic (exact) mass is 376 g/mol. The normalized spacial score (nSPS) is 31.6. The number of carbonyl (C=O) groups is 3. The molecule has 6 nitrogen and oxygen atoms in total. The number of hydrogen-bond donors (Lipinski definition) is 2. The summed E-state index contributed by atoms with van der Waals surface area (Å²) in [4.78, 5) is 37.8. The van der Waals surface area contributed by atoms with Gasteiger partial charge in [-0.3, -0.25) is 14.4 Å². The molecule has 2 bridgehead atoms. The molecule has 0 aromatic heterocycles. The van der Waals surface area contributed by atoms with Crippen molar-refractivity contribution < 1.29 is 28.3 Å². The Balaban J connectivity index is 1.49. The molecule has 1 heterocycles. The molecule has 1 aliphatic heterocycles. The summed E-state index contributed by atoms with van der Waals surface area (Å²) in [5.41, 5.74) is -0.425. The molecule has 1 aromatic carbocycles. The second-order valence-corrected chi connectivity index (χ2v) is 7.25. The molecule has 0 radical (unpaired) electrons. The second kappa shape index (κ2) is 6.44. The van der Waals surface area contributed by atoms with Crippen LogP contribution in [0.1, 0.15) is 12.8 Å². The number of rotatable bonds is 4. The van der Waals surface area contributed by atoms with Crippen LogP contribution in [0, 0.1) is 35.3 Å². The minimum Gasteiger partial charge on any atom is -0.481 e. The maximum absolute atomic E-state index is 14.0. The van der Waals surface area contributed by atoms with Gasteiger partial charge in [-0.1, -0.05) is 18.2 Å². The average molecular weight is 376 g/mol. The topological polar surface area (TPSA) is 86.7 Å². The van der Waals surface area contributed by atoms with Crippen molar-refractivity contribution in [2.24, 2.45) is 23.7 Å². The Hall–Kier alpha value is -2.77. The Kier molecular flexibility index (Phi) is 4.20. The molecule has 27 heavy (non-hydrogen) atoms. The van der Waals surface area contributed by atoms with Gasteiger partial charge in [0.25, 0.3) is 0 Å². The molecule has 1 saturated heterocycles. The highest BCUT2D eigenvalue weighted by atomic mass is 19.1. The number of carboxylic acids is 1. The van der Waals surface area contributed by atoms with Gasteiger partial charge in [0, 0.05) is 6.54 Å². The van der Waals surface area contributed by atoms with Crippen molar-refractivity contribution in [3.63, 3.8) is 0 Å². The van der Waals surface area contributed by atoms with Gasteiger partial charge in [-0.2, -0.15) is 0 Å². The molecule has 5 unspecified atom stereocenters. The number of allylic oxidation sites excluding steroid dienone is 2. The van der Waals surface area contributed by atoms with Gasteiger partial charge in [-0.25, -0.2) is 8.78 Å². The van der Waals surface area contributed by atoms with Crippen molar-refractivity contribution in [2.75, 3.05) is 11.4 Å². The summed E-state index contributed by atoms with van der Waals surface area (Å²) in [6, 6.07) is 2.42. The number of anilines is 1. The fourth-order valence-electron chi connectivity index (χ4n) is 4.57. The summed E-state index contributed by atoms with van der Waals surface area (Å²) in [6.45, 7) is 0.0701. The zero-order chi connectivity index (χ0) is 19.3. The summed E-state index contributed by atoms with van der Waals surface area (Å²) in [7, 11) is 0. The van der Waals surface area contributed by atoms with Crippen LogP contribution in [-0.4, -0.2) is 35.5 Å². The highest BCUT2D eigenvalue weighted by molar-refractivity contribution is 6.02. The first-order chi connectivity index (χ1) is 12.9. The van der Waals surface area contributed by atoms with Gasteiger partial charge in [0.15, 0.2) is 0 Å². The lowest BCUT2D eigenvalue weighted by molar-refractivity contribution is -0.148. The van der Waals surface area contributed by atoms with E-state index in [1.807, 2.05) is 12.2 Å². The third-order valence-electron chi connectivity index (χ3n) is 5.78. The van der Waals surface area contributed by atoms with Crippen molar-refractivity contribution in [2.45, 2.75) is 18.9 Å². The van der Waals surface area contributed by atoms with Crippen LogP contribution in [0.3, 0.4) is 0 Å². The first-order valence-corrected chi connectivity index (χ1v) is 8.85. The third kappa shape index (κ3) is 2.79. The number of aliphatic carboxylic acids is 1. The number of halogens is 2. The van der Waals surface area contributed by atoms with E-state index in [4.69, 9.17) is 0 Å². The van der Waals surface area contributed by atoms with E-state index >= 15 is 0 Å². The van der Waals surface area contributed by atoms with E-state index in [1.165, 1.54) is 6.07 Å². The van der Waals surface area contributed by atoms with Crippen LogP contribution in [0.4, 0.5) is 14.5 Å². The van der Waals surface area contributed by atoms with Crippen LogP contribution < -0.4 is 10.2 Å². The number of para-hydroxylation sites is 1. The molecule has 5 atom stereocenters. The lowest BCUT2D eigenvalue weighted by atomic mass is 9.82. The van der Waals surface area contributed by atoms with Crippen molar-refractivity contribution >= 4 is 23.5 Å². The lowest BCUT2D eigenvalue weighted by Gasteiger charge is -2.25. The quantitative estimate of drug-likeness (QED) is 0.784. The number of hydrogen-bond acceptors (Lipinski definition) is 3. The molecule has 4 rings (SSSR count). The number of carboxylic acid groups (broad SMARTS) is 1. The Morgan fingerprint density at radius 2 is 1.74 bits per heavy atom. The number of benzene rings is 1. The fraction of sp³-hybridized carbons (Fsp3) is 0.421. The Morgan fingerprint density at radius 1 is 1.11 bits per heavy atom. The molecule has 2 fully saturated rings. The number of nitrogens with one attached hydrogen (secondary N) is 1. The standard InChI is InChI=1S/C19H18F2N2O4/c20-11-2-1-3-12(21)16(11)23-7-6-13(18(23)25)22-17(24)14-9-4-5-10(8-9)15(14)19(26)27/h1-5,9-10,13-15H,6-8H2,(H,22,24)(H,26,27). The molecule has 142 valence electrons. The number of fused-ring (bicyclic) bond motifs is 2. The summed E-state index contributed by atoms with van der Waals surface area (Å²) in [6.07, 6.45) is 4.50. The van der Waals surface area contributed by atoms with Crippen molar-refractivity contribution in [3.05, 3.63) is 42.0 Å². The largest absolute Gasteiger partial charge is 0.481 e. The number of nitrogens with zero attached hydrogens (tertiary/aromatic N) is 1. The second-order valence-electron chi connectivity index (χ2n) is 7.25. The van der Waals surface area contributed by atoms with E-state index in [0.717, 1.165) is 17.0 Å². The average Bonchev–Trinajstić information content (AvgIpc) is 3.31. The summed E-state index contributed by atoms with van der Waals surface area (Å²) >= 11 is 0. The summed E-state index contributed by atoms with van der Waals surface area (Å²) in [5, 5.41) is 12.1. The first kappa shape index (κ1) is 17.6. The molecule has 2 amide bonds. The molecule has 1 saturated carbocycles. The van der Waals surface area contributed by atoms with Gasteiger partial charge >= 0.3 is 5.97 Å². The highest BCUT2D eigenvalue weighted by Crippen LogP contribution is 2.48. The molecule has 0 spiro atoms. The SMILES string of the molecule is O=C(O)C1C2C=CC(C2)C1C(=O)NC1CCN(c2c(F)cccc2F)C1=O. The molecular formula is C19H18F2N2O4. The predicted molar refractivity (Wildman–Crippen MR) is 90.6 cm³/mol. The molecule has 1 aromatic rings. The predicted octanol–water partition coefficient (Wildman–Crippen LogP) is 1.71. The molecule has 2 N–H and O–H groups in total. The molecule has 3 aliphatic rings. The molecule has 8 heteroatoms. The van der Waals surface area contributed by atoms with Crippen LogP contribution >= 0.6 is 0 Å². The Morgan fingerprint density at radius 3 is 2.37 bits per heavy atom. The minimum absolute atomic E-state index is 0.0701. The van der Waals surface area contributed by atoms with Crippen molar-refractivity contribution in [3.8, 4) is 0 Å². The van der Waals surface area contributed by atoms with Crippen LogP contribution in [0.5, 0.6) is 0 Å². The van der Waals surface area contributed by atoms with Gasteiger partial charge in [0.1, 0.15) is 23.4 Å². The van der Waals surface area contributed by atoms with Crippen molar-refractivity contribution in [1.82, 2.24) is 5.32 Å². The Bertz CT molecular complexity index is 836. The zero-order valence-corrected chi connectivity index (χ0v) is 14.3. The van der Waals surface area contributed by atoms with Crippen LogP contribution in [-0.2, 0) is 14.4 Å². The van der Waals surface area contributed by atoms with E-state index in [-0.39, 0.29) is 24.8 Å². The Labute approximate surface area is 153 Å². The van der Waals surface area contributed by atoms with Crippen LogP contribution in [0.15, 0.2) is 30.4 Å². The van der Waals surface area contributed by atoms with E-state index in [9.17, 15) is 28.3 Å². The maximum atomic E-state index is 14.0. The highest BCUT2D eigenvalue weighted by Gasteiger charge is 2.52. The van der Waals surface area contributed by atoms with E-state index in [0.29, 0.717) is 6.42 Å². The summed E-state index contributed by atoms with van der Waals surface area (Å²) in [5.74, 6) is -5.69. The van der Waals surface area contributed by atoms with E-state index in [2.05, 4.69) is 5.32 Å². The van der Waals surface area contributed by atoms with Crippen molar-refractivity contribution in [1.29, 1.82) is 0 Å². The fourth-order valence-corrected chi connectivity index (χ4v) is 4.57. The van der Waals surface area contributed by atoms with Gasteiger partial charge in [0.2, 0.25) is 11.8 Å². The van der Waals surface area contributed by atoms with Gasteiger partial charge in [0.05, 0.1) is 11.8 Å². The van der Waals surface area contributed by atoms with E-state index < -0.39 is 53.0 Å². The van der Waals surface area contributed by atoms with Crippen LogP contribution in [0.25, 0.3) is 0 Å². The number of amides is 2. The zero-order valence-electron chi connectivity index (χ0n) is 14.3. The van der Waals surface area contributed by atoms with Crippen LogP contribution in [0.2, 0.25) is 0 Å². The third-order valence-corrected chi connectivity index (χ3v) is 5.78. The number of carbonyl (C=O) groups excluding carboxylic acids is 2. The minimum atomic E-state index is -1.03. The van der Waals surface area contributed by atoms with Gasteiger partial charge in [-0.05, 0) is 36.8 Å². The van der Waals surface area contributed by atoms with Gasteiger partial charge < -0.3 is 15.3 Å². The first-order valence-electron chi connectivity index (χ1n) is 8.85.